The molecule has 0 saturated heterocycles. The van der Waals surface area contributed by atoms with E-state index in [1.54, 1.807) is 13.0 Å². The van der Waals surface area contributed by atoms with Crippen molar-refractivity contribution in [3.05, 3.63) is 42.2 Å². The van der Waals surface area contributed by atoms with E-state index in [2.05, 4.69) is 22.2 Å². The molecule has 1 heterocycles. The van der Waals surface area contributed by atoms with Gasteiger partial charge in [-0.2, -0.15) is 0 Å². The Balaban J connectivity index is 2.53. The highest BCUT2D eigenvalue weighted by Crippen LogP contribution is 2.01. The predicted molar refractivity (Wildman–Crippen MR) is 66.2 cm³/mol. The molecule has 1 aromatic rings. The normalized spacial score (nSPS) is 11.4. The summed E-state index contributed by atoms with van der Waals surface area (Å²) in [5.41, 5.74) is 0.623. The largest absolute Gasteiger partial charge is 0.478 e. The summed E-state index contributed by atoms with van der Waals surface area (Å²) in [6.45, 7) is 5.49. The van der Waals surface area contributed by atoms with Gasteiger partial charge in [-0.25, -0.2) is 9.59 Å². The van der Waals surface area contributed by atoms with E-state index in [1.165, 1.54) is 18.3 Å². The fraction of sp³-hybridized carbons (Fsp3) is 0.250. The van der Waals surface area contributed by atoms with Crippen LogP contribution in [-0.2, 0) is 6.54 Å². The van der Waals surface area contributed by atoms with E-state index in [0.717, 1.165) is 0 Å². The van der Waals surface area contributed by atoms with E-state index in [-0.39, 0.29) is 24.2 Å². The van der Waals surface area contributed by atoms with Gasteiger partial charge in [0.1, 0.15) is 0 Å². The topological polar surface area (TPSA) is 91.3 Å². The zero-order valence-corrected chi connectivity index (χ0v) is 10.0. The van der Waals surface area contributed by atoms with Gasteiger partial charge in [0.15, 0.2) is 0 Å². The van der Waals surface area contributed by atoms with Gasteiger partial charge >= 0.3 is 12.0 Å². The van der Waals surface area contributed by atoms with Crippen LogP contribution < -0.4 is 10.6 Å². The Kier molecular flexibility index (Phi) is 4.86. The van der Waals surface area contributed by atoms with Crippen LogP contribution in [-0.4, -0.2) is 28.1 Å². The van der Waals surface area contributed by atoms with Crippen molar-refractivity contribution in [2.24, 2.45) is 0 Å². The van der Waals surface area contributed by atoms with E-state index < -0.39 is 5.97 Å². The third-order valence-corrected chi connectivity index (χ3v) is 2.21. The molecule has 3 N–H and O–H groups in total. The lowest BCUT2D eigenvalue weighted by Crippen LogP contribution is -2.39. The molecule has 0 aliphatic heterocycles. The lowest BCUT2D eigenvalue weighted by molar-refractivity contribution is 0.0696. The van der Waals surface area contributed by atoms with E-state index >= 15 is 0 Å². The number of rotatable bonds is 5. The van der Waals surface area contributed by atoms with Crippen LogP contribution in [0.4, 0.5) is 4.79 Å². The smallest absolute Gasteiger partial charge is 0.335 e. The Morgan fingerprint density at radius 3 is 2.94 bits per heavy atom. The van der Waals surface area contributed by atoms with Crippen LogP contribution in [0.1, 0.15) is 23.0 Å². The van der Waals surface area contributed by atoms with Crippen molar-refractivity contribution in [3.8, 4) is 0 Å². The second kappa shape index (κ2) is 6.39. The second-order valence-electron chi connectivity index (χ2n) is 3.69. The van der Waals surface area contributed by atoms with Crippen molar-refractivity contribution in [2.45, 2.75) is 19.5 Å². The zero-order chi connectivity index (χ0) is 13.5. The molecule has 0 aliphatic carbocycles. The highest BCUT2D eigenvalue weighted by atomic mass is 16.4. The van der Waals surface area contributed by atoms with Crippen molar-refractivity contribution < 1.29 is 14.7 Å². The van der Waals surface area contributed by atoms with Crippen molar-refractivity contribution >= 4 is 12.0 Å². The van der Waals surface area contributed by atoms with Gasteiger partial charge in [-0.15, -0.1) is 6.58 Å². The van der Waals surface area contributed by atoms with Gasteiger partial charge in [0.05, 0.1) is 17.8 Å². The van der Waals surface area contributed by atoms with Gasteiger partial charge in [-0.1, -0.05) is 6.08 Å². The summed E-state index contributed by atoms with van der Waals surface area (Å²) in [6.07, 6.45) is 2.99. The molecule has 1 atom stereocenters. The first-order valence-corrected chi connectivity index (χ1v) is 5.38. The van der Waals surface area contributed by atoms with E-state index in [4.69, 9.17) is 5.11 Å². The molecule has 1 unspecified atom stereocenters. The highest BCUT2D eigenvalue weighted by molar-refractivity contribution is 5.87. The average molecular weight is 249 g/mol. The molecule has 0 bridgehead atoms. The maximum Gasteiger partial charge on any atom is 0.335 e. The quantitative estimate of drug-likeness (QED) is 0.683. The molecule has 18 heavy (non-hydrogen) atoms. The number of nitrogens with one attached hydrogen (secondary N) is 2. The third-order valence-electron chi connectivity index (χ3n) is 2.21. The standard InChI is InChI=1S/C12H15N3O3/c1-3-8(2)15-12(18)14-7-10-6-9(11(16)17)4-5-13-10/h3-6,8H,1,7H2,2H3,(H,16,17)(H2,14,15,18). The summed E-state index contributed by atoms with van der Waals surface area (Å²) in [5.74, 6) is -1.02. The molecular weight excluding hydrogens is 234 g/mol. The van der Waals surface area contributed by atoms with Crippen LogP contribution in [0, 0.1) is 0 Å². The zero-order valence-electron chi connectivity index (χ0n) is 10.0. The van der Waals surface area contributed by atoms with Crippen LogP contribution >= 0.6 is 0 Å². The van der Waals surface area contributed by atoms with E-state index in [0.29, 0.717) is 5.69 Å². The van der Waals surface area contributed by atoms with Crippen LogP contribution in [0.3, 0.4) is 0 Å². The molecule has 1 aromatic heterocycles. The number of hydrogen-bond donors (Lipinski definition) is 3. The number of carboxylic acid groups (broad SMARTS) is 1. The molecular formula is C12H15N3O3. The molecule has 2 amide bonds. The lowest BCUT2D eigenvalue weighted by Gasteiger charge is -2.10. The SMILES string of the molecule is C=CC(C)NC(=O)NCc1cc(C(=O)O)ccn1. The minimum absolute atomic E-state index is 0.136. The summed E-state index contributed by atoms with van der Waals surface area (Å²) in [7, 11) is 0. The number of aromatic nitrogens is 1. The van der Waals surface area contributed by atoms with Gasteiger partial charge in [-0.05, 0) is 19.1 Å². The lowest BCUT2D eigenvalue weighted by atomic mass is 10.2. The fourth-order valence-electron chi connectivity index (χ4n) is 1.20. The number of nitrogens with zero attached hydrogens (tertiary/aromatic N) is 1. The predicted octanol–water partition coefficient (Wildman–Crippen LogP) is 1.15. The highest BCUT2D eigenvalue weighted by Gasteiger charge is 2.06. The van der Waals surface area contributed by atoms with Gasteiger partial charge in [0, 0.05) is 12.2 Å². The summed E-state index contributed by atoms with van der Waals surface area (Å²) < 4.78 is 0. The molecule has 0 fully saturated rings. The molecule has 0 radical (unpaired) electrons. The van der Waals surface area contributed by atoms with Gasteiger partial charge in [0.2, 0.25) is 0 Å². The molecule has 0 saturated carbocycles. The number of carboxylic acids is 1. The Hall–Kier alpha value is -2.37. The van der Waals surface area contributed by atoms with Crippen LogP contribution in [0.25, 0.3) is 0 Å². The number of hydrogen-bond acceptors (Lipinski definition) is 3. The van der Waals surface area contributed by atoms with Crippen LogP contribution in [0.15, 0.2) is 31.0 Å². The molecule has 0 aromatic carbocycles. The van der Waals surface area contributed by atoms with Crippen LogP contribution in [0.2, 0.25) is 0 Å². The van der Waals surface area contributed by atoms with Crippen molar-refractivity contribution in [3.63, 3.8) is 0 Å². The van der Waals surface area contributed by atoms with E-state index in [1.807, 2.05) is 0 Å². The first-order valence-electron chi connectivity index (χ1n) is 5.38. The monoisotopic (exact) mass is 249 g/mol. The van der Waals surface area contributed by atoms with Gasteiger partial charge in [0.25, 0.3) is 0 Å². The first-order chi connectivity index (χ1) is 8.52. The fourth-order valence-corrected chi connectivity index (χ4v) is 1.20. The Labute approximate surface area is 105 Å². The van der Waals surface area contributed by atoms with E-state index in [9.17, 15) is 9.59 Å². The average Bonchev–Trinajstić information content (AvgIpc) is 2.36. The first kappa shape index (κ1) is 13.7. The number of pyridine rings is 1. The maximum absolute atomic E-state index is 11.4. The number of amides is 2. The molecule has 0 aliphatic rings. The number of urea groups is 1. The number of aromatic carboxylic acids is 1. The molecule has 0 spiro atoms. The van der Waals surface area contributed by atoms with Gasteiger partial charge in [-0.3, -0.25) is 4.98 Å². The summed E-state index contributed by atoms with van der Waals surface area (Å²) in [4.78, 5) is 26.1. The van der Waals surface area contributed by atoms with Crippen molar-refractivity contribution in [1.29, 1.82) is 0 Å². The summed E-state index contributed by atoms with van der Waals surface area (Å²) in [6, 6.07) is 2.32. The second-order valence-corrected chi connectivity index (χ2v) is 3.69. The molecule has 6 heteroatoms. The molecule has 6 nitrogen and oxygen atoms in total. The Morgan fingerprint density at radius 1 is 1.61 bits per heavy atom. The van der Waals surface area contributed by atoms with Crippen LogP contribution in [0.5, 0.6) is 0 Å². The molecule has 96 valence electrons. The Morgan fingerprint density at radius 2 is 2.33 bits per heavy atom. The molecule has 1 rings (SSSR count). The summed E-state index contributed by atoms with van der Waals surface area (Å²) >= 11 is 0. The number of carbonyl (C=O) groups is 2. The van der Waals surface area contributed by atoms with Crippen molar-refractivity contribution in [2.75, 3.05) is 0 Å². The Bertz CT molecular complexity index is 460. The van der Waals surface area contributed by atoms with Gasteiger partial charge < -0.3 is 15.7 Å². The number of carbonyl (C=O) groups excluding carboxylic acids is 1. The summed E-state index contributed by atoms with van der Waals surface area (Å²) in [5, 5.41) is 14.0. The third kappa shape index (κ3) is 4.25. The van der Waals surface area contributed by atoms with Crippen molar-refractivity contribution in [1.82, 2.24) is 15.6 Å². The minimum Gasteiger partial charge on any atom is -0.478 e. The maximum atomic E-state index is 11.4. The minimum atomic E-state index is -1.02.